The Morgan fingerprint density at radius 3 is 2.64 bits per heavy atom. The molecule has 1 unspecified atom stereocenters. The van der Waals surface area contributed by atoms with Gasteiger partial charge in [-0.05, 0) is 20.3 Å². The second-order valence-electron chi connectivity index (χ2n) is 3.46. The van der Waals surface area contributed by atoms with Crippen LogP contribution in [0.2, 0.25) is 0 Å². The molecule has 0 saturated heterocycles. The normalized spacial score (nSPS) is 14.9. The average molecular weight is 202 g/mol. The molecule has 0 aliphatic carbocycles. The summed E-state index contributed by atoms with van der Waals surface area (Å²) in [6.07, 6.45) is 1.65. The molecule has 14 heavy (non-hydrogen) atoms. The monoisotopic (exact) mass is 202 g/mol. The van der Waals surface area contributed by atoms with Crippen LogP contribution in [0, 0.1) is 0 Å². The van der Waals surface area contributed by atoms with Crippen molar-refractivity contribution < 1.29 is 9.53 Å². The summed E-state index contributed by atoms with van der Waals surface area (Å²) in [6.45, 7) is 7.06. The van der Waals surface area contributed by atoms with E-state index < -0.39 is 0 Å². The Labute approximate surface area is 86.2 Å². The third-order valence-corrected chi connectivity index (χ3v) is 1.90. The van der Waals surface area contributed by atoms with Gasteiger partial charge in [0.05, 0.1) is 12.6 Å². The Morgan fingerprint density at radius 1 is 1.50 bits per heavy atom. The topological polar surface area (TPSA) is 64.4 Å². The van der Waals surface area contributed by atoms with Crippen LogP contribution >= 0.6 is 0 Å². The fourth-order valence-corrected chi connectivity index (χ4v) is 1.13. The molecule has 0 aromatic carbocycles. The fourth-order valence-electron chi connectivity index (χ4n) is 1.13. The van der Waals surface area contributed by atoms with E-state index in [9.17, 15) is 4.79 Å². The molecule has 0 rings (SSSR count). The number of nitrogens with one attached hydrogen (secondary N) is 1. The zero-order valence-electron chi connectivity index (χ0n) is 9.38. The first kappa shape index (κ1) is 13.4. The van der Waals surface area contributed by atoms with Gasteiger partial charge in [-0.1, -0.05) is 13.3 Å². The third-order valence-electron chi connectivity index (χ3n) is 1.90. The van der Waals surface area contributed by atoms with Gasteiger partial charge in [0.1, 0.15) is 0 Å². The molecule has 0 spiro atoms. The van der Waals surface area contributed by atoms with E-state index in [-0.39, 0.29) is 18.0 Å². The molecular weight excluding hydrogens is 180 g/mol. The molecule has 0 heterocycles. The Bertz CT molecular complexity index is 162. The van der Waals surface area contributed by atoms with Crippen molar-refractivity contribution in [1.82, 2.24) is 5.32 Å². The van der Waals surface area contributed by atoms with Gasteiger partial charge in [0.15, 0.2) is 0 Å². The molecule has 0 fully saturated rings. The zero-order valence-corrected chi connectivity index (χ0v) is 9.38. The minimum Gasteiger partial charge on any atom is -0.380 e. The van der Waals surface area contributed by atoms with Crippen LogP contribution in [0.1, 0.15) is 33.6 Å². The van der Waals surface area contributed by atoms with Crippen LogP contribution in [-0.2, 0) is 9.53 Å². The summed E-state index contributed by atoms with van der Waals surface area (Å²) in [5, 5.41) is 2.81. The van der Waals surface area contributed by atoms with Crippen molar-refractivity contribution in [2.24, 2.45) is 5.73 Å². The Morgan fingerprint density at radius 2 is 2.14 bits per heavy atom. The van der Waals surface area contributed by atoms with Crippen LogP contribution < -0.4 is 11.1 Å². The van der Waals surface area contributed by atoms with E-state index in [0.29, 0.717) is 13.2 Å². The van der Waals surface area contributed by atoms with Crippen molar-refractivity contribution in [3.05, 3.63) is 0 Å². The van der Waals surface area contributed by atoms with Crippen molar-refractivity contribution in [2.75, 3.05) is 13.2 Å². The maximum Gasteiger partial charge on any atom is 0.237 e. The fraction of sp³-hybridized carbons (Fsp3) is 0.900. The molecule has 0 saturated carbocycles. The second-order valence-corrected chi connectivity index (χ2v) is 3.46. The first-order chi connectivity index (χ1) is 6.61. The first-order valence-electron chi connectivity index (χ1n) is 5.25. The molecule has 1 amide bonds. The highest BCUT2D eigenvalue weighted by atomic mass is 16.5. The molecule has 3 N–H and O–H groups in total. The van der Waals surface area contributed by atoms with Gasteiger partial charge in [0.25, 0.3) is 0 Å². The standard InChI is InChI=1S/C10H22N2O2/c1-4-6-9(11)10(13)12-8(3)7-14-5-2/h8-9H,4-7,11H2,1-3H3,(H,12,13)/t8?,9-/m0/s1. The van der Waals surface area contributed by atoms with E-state index in [1.54, 1.807) is 0 Å². The van der Waals surface area contributed by atoms with Gasteiger partial charge >= 0.3 is 0 Å². The lowest BCUT2D eigenvalue weighted by Crippen LogP contribution is -2.45. The number of carbonyl (C=O) groups excluding carboxylic acids is 1. The number of amides is 1. The van der Waals surface area contributed by atoms with Crippen LogP contribution in [-0.4, -0.2) is 31.2 Å². The first-order valence-corrected chi connectivity index (χ1v) is 5.25. The number of carbonyl (C=O) groups is 1. The van der Waals surface area contributed by atoms with Crippen molar-refractivity contribution in [3.8, 4) is 0 Å². The van der Waals surface area contributed by atoms with Gasteiger partial charge in [-0.15, -0.1) is 0 Å². The van der Waals surface area contributed by atoms with Gasteiger partial charge in [-0.3, -0.25) is 4.79 Å². The SMILES string of the molecule is CCC[C@H](N)C(=O)NC(C)COCC. The van der Waals surface area contributed by atoms with Crippen LogP contribution in [0.3, 0.4) is 0 Å². The number of ether oxygens (including phenoxy) is 1. The predicted molar refractivity (Wildman–Crippen MR) is 57.0 cm³/mol. The second kappa shape index (κ2) is 7.76. The summed E-state index contributed by atoms with van der Waals surface area (Å²) in [5.74, 6) is -0.0842. The largest absolute Gasteiger partial charge is 0.380 e. The molecule has 0 aliphatic rings. The summed E-state index contributed by atoms with van der Waals surface area (Å²) in [7, 11) is 0. The highest BCUT2D eigenvalue weighted by molar-refractivity contribution is 5.81. The molecule has 0 aromatic rings. The molecule has 0 bridgehead atoms. The Hall–Kier alpha value is -0.610. The third kappa shape index (κ3) is 5.94. The van der Waals surface area contributed by atoms with E-state index in [1.165, 1.54) is 0 Å². The highest BCUT2D eigenvalue weighted by Gasteiger charge is 2.14. The molecule has 4 heteroatoms. The molecule has 2 atom stereocenters. The lowest BCUT2D eigenvalue weighted by atomic mass is 10.1. The van der Waals surface area contributed by atoms with E-state index in [1.807, 2.05) is 20.8 Å². The minimum absolute atomic E-state index is 0.0327. The summed E-state index contributed by atoms with van der Waals surface area (Å²) >= 11 is 0. The Kier molecular flexibility index (Phi) is 7.42. The lowest BCUT2D eigenvalue weighted by molar-refractivity contribution is -0.123. The number of nitrogens with two attached hydrogens (primary N) is 1. The zero-order chi connectivity index (χ0) is 11.0. The van der Waals surface area contributed by atoms with Crippen LogP contribution in [0.5, 0.6) is 0 Å². The maximum absolute atomic E-state index is 11.4. The minimum atomic E-state index is -0.385. The van der Waals surface area contributed by atoms with Crippen molar-refractivity contribution in [2.45, 2.75) is 45.7 Å². The average Bonchev–Trinajstić information content (AvgIpc) is 2.15. The van der Waals surface area contributed by atoms with Gasteiger partial charge in [-0.25, -0.2) is 0 Å². The smallest absolute Gasteiger partial charge is 0.237 e. The van der Waals surface area contributed by atoms with Crippen molar-refractivity contribution in [1.29, 1.82) is 0 Å². The quantitative estimate of drug-likeness (QED) is 0.637. The van der Waals surface area contributed by atoms with Crippen molar-refractivity contribution in [3.63, 3.8) is 0 Å². The summed E-state index contributed by atoms with van der Waals surface area (Å²) in [5.41, 5.74) is 5.65. The van der Waals surface area contributed by atoms with Crippen LogP contribution in [0.25, 0.3) is 0 Å². The van der Waals surface area contributed by atoms with Crippen molar-refractivity contribution >= 4 is 5.91 Å². The molecule has 0 radical (unpaired) electrons. The highest BCUT2D eigenvalue weighted by Crippen LogP contribution is 1.94. The molecular formula is C10H22N2O2. The summed E-state index contributed by atoms with van der Waals surface area (Å²) < 4.78 is 5.18. The maximum atomic E-state index is 11.4. The number of hydrogen-bond acceptors (Lipinski definition) is 3. The van der Waals surface area contributed by atoms with Crippen LogP contribution in [0.4, 0.5) is 0 Å². The lowest BCUT2D eigenvalue weighted by Gasteiger charge is -2.16. The molecule has 0 aromatic heterocycles. The molecule has 4 nitrogen and oxygen atoms in total. The van der Waals surface area contributed by atoms with E-state index >= 15 is 0 Å². The summed E-state index contributed by atoms with van der Waals surface area (Å²) in [4.78, 5) is 11.4. The van der Waals surface area contributed by atoms with Crippen LogP contribution in [0.15, 0.2) is 0 Å². The van der Waals surface area contributed by atoms with Gasteiger partial charge < -0.3 is 15.8 Å². The van der Waals surface area contributed by atoms with Gasteiger partial charge in [-0.2, -0.15) is 0 Å². The molecule has 84 valence electrons. The van der Waals surface area contributed by atoms with E-state index in [0.717, 1.165) is 12.8 Å². The van der Waals surface area contributed by atoms with Gasteiger partial charge in [0.2, 0.25) is 5.91 Å². The van der Waals surface area contributed by atoms with E-state index in [2.05, 4.69) is 5.32 Å². The number of rotatable bonds is 7. The predicted octanol–water partition coefficient (Wildman–Crippen LogP) is 0.655. The van der Waals surface area contributed by atoms with Gasteiger partial charge in [0, 0.05) is 12.6 Å². The van der Waals surface area contributed by atoms with E-state index in [4.69, 9.17) is 10.5 Å². The summed E-state index contributed by atoms with van der Waals surface area (Å²) in [6, 6.07) is -0.352. The Balaban J connectivity index is 3.69. The molecule has 0 aliphatic heterocycles. The number of hydrogen-bond donors (Lipinski definition) is 2.